The summed E-state index contributed by atoms with van der Waals surface area (Å²) in [6.45, 7) is 7.41. The third-order valence-electron chi connectivity index (χ3n) is 5.68. The van der Waals surface area contributed by atoms with Crippen LogP contribution in [0.3, 0.4) is 0 Å². The number of aryl methyl sites for hydroxylation is 4. The summed E-state index contributed by atoms with van der Waals surface area (Å²) < 4.78 is 1.40. The smallest absolute Gasteiger partial charge is 0.263 e. The molecular formula is C25H23N3O3S. The largest absolute Gasteiger partial charge is 0.365 e. The van der Waals surface area contributed by atoms with Crippen LogP contribution in [0.2, 0.25) is 0 Å². The van der Waals surface area contributed by atoms with Gasteiger partial charge in [-0.2, -0.15) is 0 Å². The maximum absolute atomic E-state index is 13.6. The zero-order valence-electron chi connectivity index (χ0n) is 18.4. The van der Waals surface area contributed by atoms with E-state index in [1.54, 1.807) is 13.0 Å². The van der Waals surface area contributed by atoms with E-state index in [1.807, 2.05) is 57.2 Å². The van der Waals surface area contributed by atoms with Gasteiger partial charge in [-0.3, -0.25) is 19.0 Å². The Morgan fingerprint density at radius 3 is 2.44 bits per heavy atom. The molecule has 0 unspecified atom stereocenters. The number of nitrogens with two attached hydrogens (primary N) is 1. The second-order valence-corrected chi connectivity index (χ2v) is 9.02. The van der Waals surface area contributed by atoms with Crippen LogP contribution in [0, 0.1) is 27.7 Å². The van der Waals surface area contributed by atoms with Crippen LogP contribution in [-0.2, 0) is 6.54 Å². The number of ketones is 1. The van der Waals surface area contributed by atoms with E-state index in [0.29, 0.717) is 32.0 Å². The second-order valence-electron chi connectivity index (χ2n) is 8.02. The van der Waals surface area contributed by atoms with Gasteiger partial charge in [0.15, 0.2) is 5.78 Å². The molecule has 2 aromatic carbocycles. The molecule has 32 heavy (non-hydrogen) atoms. The van der Waals surface area contributed by atoms with Gasteiger partial charge in [0, 0.05) is 11.1 Å². The van der Waals surface area contributed by atoms with E-state index in [0.717, 1.165) is 33.6 Å². The van der Waals surface area contributed by atoms with Crippen molar-refractivity contribution in [1.29, 1.82) is 0 Å². The van der Waals surface area contributed by atoms with Crippen molar-refractivity contribution in [2.45, 2.75) is 34.2 Å². The Morgan fingerprint density at radius 2 is 1.78 bits per heavy atom. The summed E-state index contributed by atoms with van der Waals surface area (Å²) in [5, 5.41) is 0.327. The van der Waals surface area contributed by atoms with E-state index in [1.165, 1.54) is 4.57 Å². The molecule has 0 spiro atoms. The lowest BCUT2D eigenvalue weighted by atomic mass is 10.0. The number of hydrogen-bond donors (Lipinski definition) is 1. The van der Waals surface area contributed by atoms with Crippen molar-refractivity contribution in [3.63, 3.8) is 0 Å². The molecule has 0 aliphatic heterocycles. The number of benzene rings is 2. The minimum atomic E-state index is -0.597. The number of primary amides is 1. The fourth-order valence-electron chi connectivity index (χ4n) is 3.75. The van der Waals surface area contributed by atoms with Gasteiger partial charge in [0.2, 0.25) is 0 Å². The van der Waals surface area contributed by atoms with Crippen LogP contribution < -0.4 is 11.3 Å². The average Bonchev–Trinajstić information content (AvgIpc) is 3.08. The number of fused-ring (bicyclic) bond motifs is 1. The fraction of sp³-hybridized carbons (Fsp3) is 0.200. The van der Waals surface area contributed by atoms with E-state index >= 15 is 0 Å². The summed E-state index contributed by atoms with van der Waals surface area (Å²) in [4.78, 5) is 44.0. The van der Waals surface area contributed by atoms with Gasteiger partial charge in [-0.1, -0.05) is 35.9 Å². The Hall–Kier alpha value is -3.58. The highest BCUT2D eigenvalue weighted by atomic mass is 32.1. The van der Waals surface area contributed by atoms with Crippen molar-refractivity contribution >= 4 is 33.2 Å². The molecule has 2 N–H and O–H groups in total. The summed E-state index contributed by atoms with van der Waals surface area (Å²) in [7, 11) is 0. The molecule has 4 rings (SSSR count). The summed E-state index contributed by atoms with van der Waals surface area (Å²) >= 11 is 1.10. The SMILES string of the molecule is Cc1cccc(-c2nc3sc(C(N)=O)c(C)c3c(=O)n2CC(=O)c2ccc(C)c(C)c2)c1. The standard InChI is InChI=1S/C25H23N3O3S/c1-13-6-5-7-18(10-13)23-27-24-20(16(4)21(32-24)22(26)30)25(31)28(23)12-19(29)17-9-8-14(2)15(3)11-17/h5-11H,12H2,1-4H3,(H2,26,30). The molecule has 0 fully saturated rings. The number of carbonyl (C=O) groups is 2. The number of nitrogens with zero attached hydrogens (tertiary/aromatic N) is 2. The third-order valence-corrected chi connectivity index (χ3v) is 6.88. The van der Waals surface area contributed by atoms with Gasteiger partial charge in [-0.05, 0) is 56.5 Å². The summed E-state index contributed by atoms with van der Waals surface area (Å²) in [5.74, 6) is -0.395. The fourth-order valence-corrected chi connectivity index (χ4v) is 4.78. The number of aromatic nitrogens is 2. The van der Waals surface area contributed by atoms with Gasteiger partial charge in [0.05, 0.1) is 16.8 Å². The summed E-state index contributed by atoms with van der Waals surface area (Å²) in [6, 6.07) is 13.1. The van der Waals surface area contributed by atoms with E-state index in [2.05, 4.69) is 0 Å². The van der Waals surface area contributed by atoms with Crippen molar-refractivity contribution in [3.05, 3.63) is 85.5 Å². The van der Waals surface area contributed by atoms with Crippen LogP contribution in [-0.4, -0.2) is 21.2 Å². The molecule has 0 atom stereocenters. The summed E-state index contributed by atoms with van der Waals surface area (Å²) in [5.41, 5.74) is 10.0. The van der Waals surface area contributed by atoms with E-state index < -0.39 is 5.91 Å². The number of thiophene rings is 1. The third kappa shape index (κ3) is 3.76. The molecule has 7 heteroatoms. The number of amides is 1. The molecule has 0 aliphatic carbocycles. The van der Waals surface area contributed by atoms with Crippen LogP contribution in [0.1, 0.15) is 42.3 Å². The molecule has 0 aliphatic rings. The van der Waals surface area contributed by atoms with Crippen molar-refractivity contribution in [3.8, 4) is 11.4 Å². The minimum absolute atomic E-state index is 0.158. The first-order valence-electron chi connectivity index (χ1n) is 10.2. The van der Waals surface area contributed by atoms with Crippen LogP contribution in [0.25, 0.3) is 21.6 Å². The Balaban J connectivity index is 1.95. The molecule has 2 heterocycles. The van der Waals surface area contributed by atoms with Gasteiger partial charge in [-0.25, -0.2) is 4.98 Å². The molecule has 4 aromatic rings. The first-order chi connectivity index (χ1) is 15.2. The lowest BCUT2D eigenvalue weighted by Crippen LogP contribution is -2.27. The highest BCUT2D eigenvalue weighted by Gasteiger charge is 2.22. The zero-order valence-corrected chi connectivity index (χ0v) is 19.2. The van der Waals surface area contributed by atoms with E-state index in [9.17, 15) is 14.4 Å². The number of carbonyl (C=O) groups excluding carboxylic acids is 2. The molecule has 0 saturated carbocycles. The summed E-state index contributed by atoms with van der Waals surface area (Å²) in [6.07, 6.45) is 0. The molecular weight excluding hydrogens is 422 g/mol. The zero-order chi connectivity index (χ0) is 23.2. The topological polar surface area (TPSA) is 95.0 Å². The molecule has 162 valence electrons. The normalized spacial score (nSPS) is 11.1. The second kappa shape index (κ2) is 8.16. The molecule has 2 aromatic heterocycles. The number of hydrogen-bond acceptors (Lipinski definition) is 5. The van der Waals surface area contributed by atoms with Crippen molar-refractivity contribution in [1.82, 2.24) is 9.55 Å². The number of rotatable bonds is 5. The van der Waals surface area contributed by atoms with E-state index in [4.69, 9.17) is 10.7 Å². The molecule has 0 bridgehead atoms. The Labute approximate surface area is 189 Å². The predicted octanol–water partition coefficient (Wildman–Crippen LogP) is 4.34. The van der Waals surface area contributed by atoms with Gasteiger partial charge < -0.3 is 5.73 Å². The van der Waals surface area contributed by atoms with Crippen LogP contribution >= 0.6 is 11.3 Å². The van der Waals surface area contributed by atoms with Crippen molar-refractivity contribution in [2.24, 2.45) is 5.73 Å². The highest BCUT2D eigenvalue weighted by Crippen LogP contribution is 2.29. The average molecular weight is 446 g/mol. The minimum Gasteiger partial charge on any atom is -0.365 e. The first kappa shape index (κ1) is 21.6. The Kier molecular flexibility index (Phi) is 5.52. The van der Waals surface area contributed by atoms with E-state index in [-0.39, 0.29) is 17.9 Å². The molecule has 6 nitrogen and oxygen atoms in total. The van der Waals surface area contributed by atoms with Crippen LogP contribution in [0.4, 0.5) is 0 Å². The van der Waals surface area contributed by atoms with Crippen molar-refractivity contribution < 1.29 is 9.59 Å². The monoisotopic (exact) mass is 445 g/mol. The lowest BCUT2D eigenvalue weighted by Gasteiger charge is -2.13. The van der Waals surface area contributed by atoms with Crippen molar-refractivity contribution in [2.75, 3.05) is 0 Å². The Bertz CT molecular complexity index is 1460. The lowest BCUT2D eigenvalue weighted by molar-refractivity contribution is 0.0969. The molecule has 0 radical (unpaired) electrons. The van der Waals surface area contributed by atoms with Crippen LogP contribution in [0.15, 0.2) is 47.3 Å². The maximum atomic E-state index is 13.6. The highest BCUT2D eigenvalue weighted by molar-refractivity contribution is 7.20. The number of Topliss-reactive ketones (excluding diaryl/α,β-unsaturated/α-hetero) is 1. The van der Waals surface area contributed by atoms with Gasteiger partial charge in [0.25, 0.3) is 11.5 Å². The maximum Gasteiger partial charge on any atom is 0.263 e. The Morgan fingerprint density at radius 1 is 1.03 bits per heavy atom. The first-order valence-corrected chi connectivity index (χ1v) is 11.0. The van der Waals surface area contributed by atoms with Gasteiger partial charge >= 0.3 is 0 Å². The predicted molar refractivity (Wildman–Crippen MR) is 128 cm³/mol. The van der Waals surface area contributed by atoms with Gasteiger partial charge in [0.1, 0.15) is 10.7 Å². The van der Waals surface area contributed by atoms with Gasteiger partial charge in [-0.15, -0.1) is 11.3 Å². The quantitative estimate of drug-likeness (QED) is 0.462. The van der Waals surface area contributed by atoms with Crippen LogP contribution in [0.5, 0.6) is 0 Å². The molecule has 0 saturated heterocycles. The molecule has 1 amide bonds.